The molecule has 1 aromatic carbocycles. The highest BCUT2D eigenvalue weighted by molar-refractivity contribution is 7.89. The molecule has 0 bridgehead atoms. The van der Waals surface area contributed by atoms with E-state index in [0.29, 0.717) is 23.4 Å². The Bertz CT molecular complexity index is 1370. The summed E-state index contributed by atoms with van der Waals surface area (Å²) in [7, 11) is -3.45. The van der Waals surface area contributed by atoms with Gasteiger partial charge < -0.3 is 20.0 Å². The lowest BCUT2D eigenvalue weighted by Gasteiger charge is -2.29. The Morgan fingerprint density at radius 2 is 1.86 bits per heavy atom. The minimum Gasteiger partial charge on any atom is -0.458 e. The van der Waals surface area contributed by atoms with Crippen molar-refractivity contribution in [3.8, 4) is 11.5 Å². The van der Waals surface area contributed by atoms with Gasteiger partial charge in [0.1, 0.15) is 17.0 Å². The fraction of sp³-hybridized carbons (Fsp3) is 0.417. The molecule has 0 unspecified atom stereocenters. The van der Waals surface area contributed by atoms with E-state index in [4.69, 9.17) is 4.42 Å². The average Bonchev–Trinajstić information content (AvgIpc) is 3.32. The van der Waals surface area contributed by atoms with Crippen molar-refractivity contribution in [2.24, 2.45) is 0 Å². The van der Waals surface area contributed by atoms with E-state index >= 15 is 0 Å². The summed E-state index contributed by atoms with van der Waals surface area (Å²) < 4.78 is 73.0. The predicted octanol–water partition coefficient (Wildman–Crippen LogP) is 3.62. The number of rotatable bonds is 6. The van der Waals surface area contributed by atoms with Gasteiger partial charge in [0.25, 0.3) is 0 Å². The van der Waals surface area contributed by atoms with Crippen LogP contribution in [0.4, 0.5) is 30.5 Å². The molecule has 0 saturated carbocycles. The molecule has 2 aromatic heterocycles. The highest BCUT2D eigenvalue weighted by atomic mass is 32.2. The molecule has 3 aromatic rings. The van der Waals surface area contributed by atoms with Crippen LogP contribution < -0.4 is 15.5 Å². The van der Waals surface area contributed by atoms with Crippen molar-refractivity contribution in [3.05, 3.63) is 53.4 Å². The van der Waals surface area contributed by atoms with Gasteiger partial charge in [-0.15, -0.1) is 0 Å². The first-order valence-corrected chi connectivity index (χ1v) is 13.6. The Kier molecular flexibility index (Phi) is 6.86. The molecule has 2 aliphatic heterocycles. The monoisotopic (exact) mass is 536 g/mol. The molecule has 1 fully saturated rings. The standard InChI is InChI=1S/C24H27F3N6O3S/c1-2-37(34,35)33-10-7-16-13-20(36-21(16)15-33)22-19(24(25,26)27)14-29-23(31-22)30-17-3-5-18(6-4-17)32-11-8-28-9-12-32/h3-6,13-14,28H,2,7-12,15H2,1H3,(H,29,30,31). The summed E-state index contributed by atoms with van der Waals surface area (Å²) in [6, 6.07) is 9.04. The number of halogens is 3. The SMILES string of the molecule is CCS(=O)(=O)N1CCc2cc(-c3nc(Nc4ccc(N5CCNCC5)cc4)ncc3C(F)(F)F)oc2C1. The van der Waals surface area contributed by atoms with Crippen LogP contribution in [0.2, 0.25) is 0 Å². The van der Waals surface area contributed by atoms with E-state index in [9.17, 15) is 21.6 Å². The van der Waals surface area contributed by atoms with E-state index in [1.165, 1.54) is 10.4 Å². The number of benzene rings is 1. The van der Waals surface area contributed by atoms with Gasteiger partial charge in [0.05, 0.1) is 12.3 Å². The zero-order valence-corrected chi connectivity index (χ0v) is 21.0. The number of nitrogens with zero attached hydrogens (tertiary/aromatic N) is 4. The molecule has 13 heteroatoms. The van der Waals surface area contributed by atoms with Crippen LogP contribution in [0.1, 0.15) is 23.8 Å². The molecule has 1 saturated heterocycles. The normalized spacial score (nSPS) is 17.0. The maximum atomic E-state index is 13.8. The van der Waals surface area contributed by atoms with E-state index in [1.54, 1.807) is 6.92 Å². The van der Waals surface area contributed by atoms with Crippen molar-refractivity contribution in [1.29, 1.82) is 0 Å². The number of furan rings is 1. The largest absolute Gasteiger partial charge is 0.458 e. The third-order valence-electron chi connectivity index (χ3n) is 6.54. The van der Waals surface area contributed by atoms with Gasteiger partial charge in [-0.1, -0.05) is 0 Å². The summed E-state index contributed by atoms with van der Waals surface area (Å²) in [5.74, 6) is 0.170. The van der Waals surface area contributed by atoms with Gasteiger partial charge in [-0.25, -0.2) is 18.4 Å². The number of hydrogen-bond acceptors (Lipinski definition) is 8. The molecule has 2 aliphatic rings. The maximum Gasteiger partial charge on any atom is 0.420 e. The number of hydrogen-bond donors (Lipinski definition) is 2. The van der Waals surface area contributed by atoms with Gasteiger partial charge >= 0.3 is 6.18 Å². The zero-order valence-electron chi connectivity index (χ0n) is 20.2. The summed E-state index contributed by atoms with van der Waals surface area (Å²) in [4.78, 5) is 10.3. The van der Waals surface area contributed by atoms with Crippen LogP contribution in [0.15, 0.2) is 40.9 Å². The molecular formula is C24H27F3N6O3S. The molecule has 0 amide bonds. The summed E-state index contributed by atoms with van der Waals surface area (Å²) in [5, 5.41) is 6.27. The molecule has 9 nitrogen and oxygen atoms in total. The van der Waals surface area contributed by atoms with Crippen molar-refractivity contribution in [2.45, 2.75) is 26.1 Å². The second kappa shape index (κ2) is 9.95. The van der Waals surface area contributed by atoms with Gasteiger partial charge in [0.15, 0.2) is 5.76 Å². The van der Waals surface area contributed by atoms with Gasteiger partial charge in [0.2, 0.25) is 16.0 Å². The molecule has 0 radical (unpaired) electrons. The first kappa shape index (κ1) is 25.5. The van der Waals surface area contributed by atoms with E-state index in [2.05, 4.69) is 25.5 Å². The fourth-order valence-electron chi connectivity index (χ4n) is 4.48. The number of anilines is 3. The molecule has 0 aliphatic carbocycles. The van der Waals surface area contributed by atoms with Crippen LogP contribution in [-0.4, -0.2) is 61.2 Å². The first-order chi connectivity index (χ1) is 17.6. The van der Waals surface area contributed by atoms with Crippen molar-refractivity contribution in [2.75, 3.05) is 48.7 Å². The number of alkyl halides is 3. The predicted molar refractivity (Wildman–Crippen MR) is 133 cm³/mol. The molecule has 198 valence electrons. The molecule has 37 heavy (non-hydrogen) atoms. The maximum absolute atomic E-state index is 13.8. The Morgan fingerprint density at radius 1 is 1.14 bits per heavy atom. The quantitative estimate of drug-likeness (QED) is 0.493. The highest BCUT2D eigenvalue weighted by Crippen LogP contribution is 2.38. The van der Waals surface area contributed by atoms with Crippen LogP contribution in [-0.2, 0) is 29.2 Å². The summed E-state index contributed by atoms with van der Waals surface area (Å²) in [5.41, 5.74) is 0.922. The van der Waals surface area contributed by atoms with Crippen molar-refractivity contribution in [1.82, 2.24) is 19.6 Å². The molecule has 5 rings (SSSR count). The Hall–Kier alpha value is -3.16. The van der Waals surface area contributed by atoms with Crippen LogP contribution >= 0.6 is 0 Å². The molecule has 0 spiro atoms. The molecule has 2 N–H and O–H groups in total. The third-order valence-corrected chi connectivity index (χ3v) is 8.37. The van der Waals surface area contributed by atoms with E-state index < -0.39 is 27.5 Å². The Balaban J connectivity index is 1.42. The minimum atomic E-state index is -4.70. The van der Waals surface area contributed by atoms with Gasteiger partial charge in [-0.05, 0) is 49.2 Å². The van der Waals surface area contributed by atoms with Gasteiger partial charge in [-0.2, -0.15) is 17.5 Å². The van der Waals surface area contributed by atoms with Crippen LogP contribution in [0.25, 0.3) is 11.5 Å². The number of sulfonamides is 1. The van der Waals surface area contributed by atoms with Crippen molar-refractivity contribution in [3.63, 3.8) is 0 Å². The van der Waals surface area contributed by atoms with Gasteiger partial charge in [0, 0.05) is 50.3 Å². The van der Waals surface area contributed by atoms with Crippen molar-refractivity contribution >= 4 is 27.3 Å². The van der Waals surface area contributed by atoms with Crippen molar-refractivity contribution < 1.29 is 26.0 Å². The average molecular weight is 537 g/mol. The molecule has 0 atom stereocenters. The van der Waals surface area contributed by atoms with Gasteiger partial charge in [-0.3, -0.25) is 0 Å². The summed E-state index contributed by atoms with van der Waals surface area (Å²) in [6.07, 6.45) is -3.63. The topological polar surface area (TPSA) is 104 Å². The van der Waals surface area contributed by atoms with Crippen LogP contribution in [0.3, 0.4) is 0 Å². The molecular weight excluding hydrogens is 509 g/mol. The first-order valence-electron chi connectivity index (χ1n) is 12.0. The molecule has 4 heterocycles. The van der Waals surface area contributed by atoms with E-state index in [-0.39, 0.29) is 30.6 Å². The minimum absolute atomic E-state index is 0.0116. The Labute approximate surface area is 212 Å². The lowest BCUT2D eigenvalue weighted by Crippen LogP contribution is -2.43. The van der Waals surface area contributed by atoms with Crippen LogP contribution in [0.5, 0.6) is 0 Å². The number of nitrogens with one attached hydrogen (secondary N) is 2. The summed E-state index contributed by atoms with van der Waals surface area (Å²) in [6.45, 7) is 5.37. The second-order valence-electron chi connectivity index (χ2n) is 8.91. The van der Waals surface area contributed by atoms with E-state index in [0.717, 1.165) is 38.1 Å². The second-order valence-corrected chi connectivity index (χ2v) is 11.2. The smallest absolute Gasteiger partial charge is 0.420 e. The lowest BCUT2D eigenvalue weighted by atomic mass is 10.1. The third kappa shape index (κ3) is 5.43. The highest BCUT2D eigenvalue weighted by Gasteiger charge is 2.37. The zero-order chi connectivity index (χ0) is 26.2. The van der Waals surface area contributed by atoms with E-state index in [1.807, 2.05) is 24.3 Å². The Morgan fingerprint density at radius 3 is 2.54 bits per heavy atom. The number of piperazine rings is 1. The fourth-order valence-corrected chi connectivity index (χ4v) is 5.53. The summed E-state index contributed by atoms with van der Waals surface area (Å²) >= 11 is 0. The number of fused-ring (bicyclic) bond motifs is 1. The lowest BCUT2D eigenvalue weighted by molar-refractivity contribution is -0.137. The number of aromatic nitrogens is 2. The van der Waals surface area contributed by atoms with Crippen LogP contribution in [0, 0.1) is 0 Å².